The first kappa shape index (κ1) is 13.1. The smallest absolute Gasteiger partial charge is 0.306 e. The Morgan fingerprint density at radius 2 is 1.80 bits per heavy atom. The molecule has 1 heterocycles. The average molecular weight is 269 g/mol. The Hall–Kier alpha value is -1.87. The number of benzene rings is 2. The van der Waals surface area contributed by atoms with Gasteiger partial charge >= 0.3 is 5.97 Å². The fourth-order valence-corrected chi connectivity index (χ4v) is 2.93. The lowest BCUT2D eigenvalue weighted by Crippen LogP contribution is -2.35. The Kier molecular flexibility index (Phi) is 3.70. The average Bonchev–Trinajstić information content (AvgIpc) is 2.48. The van der Waals surface area contributed by atoms with Gasteiger partial charge in [0.15, 0.2) is 0 Å². The van der Waals surface area contributed by atoms with Crippen molar-refractivity contribution in [3.05, 3.63) is 48.0 Å². The second-order valence-corrected chi connectivity index (χ2v) is 5.57. The summed E-state index contributed by atoms with van der Waals surface area (Å²) in [6.45, 7) is 2.67. The van der Waals surface area contributed by atoms with Gasteiger partial charge in [0, 0.05) is 6.54 Å². The Morgan fingerprint density at radius 3 is 2.50 bits per heavy atom. The van der Waals surface area contributed by atoms with E-state index in [2.05, 4.69) is 47.4 Å². The molecule has 1 fully saturated rings. The van der Waals surface area contributed by atoms with Gasteiger partial charge in [0.1, 0.15) is 0 Å². The molecule has 0 saturated carbocycles. The highest BCUT2D eigenvalue weighted by molar-refractivity contribution is 5.82. The summed E-state index contributed by atoms with van der Waals surface area (Å²) in [5.74, 6) is -0.793. The number of hydrogen-bond donors (Lipinski definition) is 1. The van der Waals surface area contributed by atoms with Gasteiger partial charge in [0.2, 0.25) is 0 Å². The van der Waals surface area contributed by atoms with Crippen molar-refractivity contribution in [2.24, 2.45) is 5.92 Å². The first-order valence-corrected chi connectivity index (χ1v) is 7.15. The van der Waals surface area contributed by atoms with Crippen molar-refractivity contribution in [3.63, 3.8) is 0 Å². The summed E-state index contributed by atoms with van der Waals surface area (Å²) in [6.07, 6.45) is 1.53. The zero-order chi connectivity index (χ0) is 13.9. The molecule has 104 valence electrons. The maximum Gasteiger partial charge on any atom is 0.306 e. The molecule has 2 aromatic rings. The van der Waals surface area contributed by atoms with Gasteiger partial charge in [-0.2, -0.15) is 0 Å². The van der Waals surface area contributed by atoms with Gasteiger partial charge in [-0.25, -0.2) is 0 Å². The van der Waals surface area contributed by atoms with E-state index in [1.165, 1.54) is 16.3 Å². The molecular weight excluding hydrogens is 250 g/mol. The van der Waals surface area contributed by atoms with Crippen LogP contribution in [0.4, 0.5) is 0 Å². The molecule has 0 radical (unpaired) electrons. The van der Waals surface area contributed by atoms with Crippen LogP contribution in [0.25, 0.3) is 10.8 Å². The van der Waals surface area contributed by atoms with Crippen LogP contribution in [0.3, 0.4) is 0 Å². The highest BCUT2D eigenvalue weighted by atomic mass is 16.4. The number of carbonyl (C=O) groups is 1. The Balaban J connectivity index is 1.66. The maximum atomic E-state index is 10.9. The Bertz CT molecular complexity index is 615. The third kappa shape index (κ3) is 2.83. The molecule has 3 rings (SSSR count). The van der Waals surface area contributed by atoms with E-state index in [1.54, 1.807) is 0 Å². The molecule has 0 aliphatic carbocycles. The number of carboxylic acids is 1. The molecule has 3 nitrogen and oxygen atoms in total. The van der Waals surface area contributed by atoms with Crippen molar-refractivity contribution in [1.29, 1.82) is 0 Å². The Morgan fingerprint density at radius 1 is 1.10 bits per heavy atom. The lowest BCUT2D eigenvalue weighted by atomic mass is 9.96. The van der Waals surface area contributed by atoms with E-state index in [-0.39, 0.29) is 5.92 Å². The molecular formula is C17H19NO2. The minimum absolute atomic E-state index is 0.150. The number of rotatable bonds is 3. The zero-order valence-corrected chi connectivity index (χ0v) is 11.5. The molecule has 0 atom stereocenters. The summed E-state index contributed by atoms with van der Waals surface area (Å²) in [4.78, 5) is 13.3. The summed E-state index contributed by atoms with van der Waals surface area (Å²) in [5.41, 5.74) is 1.30. The minimum Gasteiger partial charge on any atom is -0.481 e. The van der Waals surface area contributed by atoms with Crippen LogP contribution in [0.5, 0.6) is 0 Å². The van der Waals surface area contributed by atoms with Crippen molar-refractivity contribution < 1.29 is 9.90 Å². The molecule has 1 aliphatic rings. The molecule has 0 aromatic heterocycles. The summed E-state index contributed by atoms with van der Waals surface area (Å²) in [7, 11) is 0. The fraction of sp³-hybridized carbons (Fsp3) is 0.353. The quantitative estimate of drug-likeness (QED) is 0.930. The van der Waals surface area contributed by atoms with Crippen LogP contribution in [-0.2, 0) is 11.3 Å². The van der Waals surface area contributed by atoms with Crippen LogP contribution < -0.4 is 0 Å². The number of likely N-dealkylation sites (tertiary alicyclic amines) is 1. The van der Waals surface area contributed by atoms with Gasteiger partial charge in [-0.15, -0.1) is 0 Å². The number of piperidine rings is 1. The summed E-state index contributed by atoms with van der Waals surface area (Å²) in [5, 5.41) is 11.5. The second-order valence-electron chi connectivity index (χ2n) is 5.57. The largest absolute Gasteiger partial charge is 0.481 e. The summed E-state index contributed by atoms with van der Waals surface area (Å²) in [6, 6.07) is 14.9. The van der Waals surface area contributed by atoms with Gasteiger partial charge in [-0.3, -0.25) is 9.69 Å². The molecule has 0 amide bonds. The molecule has 2 aromatic carbocycles. The second kappa shape index (κ2) is 5.63. The highest BCUT2D eigenvalue weighted by Crippen LogP contribution is 2.21. The fourth-order valence-electron chi connectivity index (χ4n) is 2.93. The third-order valence-corrected chi connectivity index (χ3v) is 4.16. The molecule has 1 saturated heterocycles. The van der Waals surface area contributed by atoms with Crippen LogP contribution in [0.2, 0.25) is 0 Å². The number of fused-ring (bicyclic) bond motifs is 1. The van der Waals surface area contributed by atoms with E-state index < -0.39 is 5.97 Å². The molecule has 1 aliphatic heterocycles. The topological polar surface area (TPSA) is 40.5 Å². The maximum absolute atomic E-state index is 10.9. The van der Waals surface area contributed by atoms with Gasteiger partial charge in [-0.05, 0) is 48.3 Å². The molecule has 1 N–H and O–H groups in total. The predicted molar refractivity (Wildman–Crippen MR) is 79.6 cm³/mol. The van der Waals surface area contributed by atoms with E-state index in [0.717, 1.165) is 32.5 Å². The van der Waals surface area contributed by atoms with Crippen LogP contribution in [-0.4, -0.2) is 29.1 Å². The Labute approximate surface area is 118 Å². The lowest BCUT2D eigenvalue weighted by Gasteiger charge is -2.30. The predicted octanol–water partition coefficient (Wildman–Crippen LogP) is 3.14. The first-order valence-electron chi connectivity index (χ1n) is 7.15. The SMILES string of the molecule is O=C(O)C1CCN(Cc2ccc3ccccc3c2)CC1. The molecule has 3 heteroatoms. The minimum atomic E-state index is -0.643. The van der Waals surface area contributed by atoms with Crippen molar-refractivity contribution in [1.82, 2.24) is 4.90 Å². The van der Waals surface area contributed by atoms with Crippen LogP contribution in [0, 0.1) is 5.92 Å². The zero-order valence-electron chi connectivity index (χ0n) is 11.5. The number of aliphatic carboxylic acids is 1. The molecule has 0 bridgehead atoms. The van der Waals surface area contributed by atoms with Crippen molar-refractivity contribution in [2.75, 3.05) is 13.1 Å². The van der Waals surface area contributed by atoms with E-state index in [1.807, 2.05) is 0 Å². The highest BCUT2D eigenvalue weighted by Gasteiger charge is 2.24. The van der Waals surface area contributed by atoms with E-state index in [9.17, 15) is 4.79 Å². The molecule has 0 spiro atoms. The third-order valence-electron chi connectivity index (χ3n) is 4.16. The van der Waals surface area contributed by atoms with Crippen LogP contribution in [0.1, 0.15) is 18.4 Å². The van der Waals surface area contributed by atoms with Crippen LogP contribution in [0.15, 0.2) is 42.5 Å². The van der Waals surface area contributed by atoms with Gasteiger partial charge in [0.25, 0.3) is 0 Å². The molecule has 20 heavy (non-hydrogen) atoms. The first-order chi connectivity index (χ1) is 9.72. The standard InChI is InChI=1S/C17H19NO2/c19-17(20)15-7-9-18(10-8-15)12-13-5-6-14-3-1-2-4-16(14)11-13/h1-6,11,15H,7-10,12H2,(H,19,20). The number of hydrogen-bond acceptors (Lipinski definition) is 2. The van der Waals surface area contributed by atoms with Gasteiger partial charge in [-0.1, -0.05) is 36.4 Å². The monoisotopic (exact) mass is 269 g/mol. The normalized spacial score (nSPS) is 17.4. The van der Waals surface area contributed by atoms with Gasteiger partial charge in [0.05, 0.1) is 5.92 Å². The van der Waals surface area contributed by atoms with Crippen molar-refractivity contribution in [2.45, 2.75) is 19.4 Å². The van der Waals surface area contributed by atoms with Gasteiger partial charge < -0.3 is 5.11 Å². The van der Waals surface area contributed by atoms with Crippen molar-refractivity contribution >= 4 is 16.7 Å². The van der Waals surface area contributed by atoms with E-state index >= 15 is 0 Å². The number of carboxylic acid groups (broad SMARTS) is 1. The van der Waals surface area contributed by atoms with E-state index in [4.69, 9.17) is 5.11 Å². The summed E-state index contributed by atoms with van der Waals surface area (Å²) >= 11 is 0. The van der Waals surface area contributed by atoms with E-state index in [0.29, 0.717) is 0 Å². The lowest BCUT2D eigenvalue weighted by molar-refractivity contribution is -0.143. The van der Waals surface area contributed by atoms with Crippen molar-refractivity contribution in [3.8, 4) is 0 Å². The van der Waals surface area contributed by atoms with Crippen LogP contribution >= 0.6 is 0 Å². The summed E-state index contributed by atoms with van der Waals surface area (Å²) < 4.78 is 0. The number of nitrogens with zero attached hydrogens (tertiary/aromatic N) is 1. The molecule has 0 unspecified atom stereocenters.